The summed E-state index contributed by atoms with van der Waals surface area (Å²) in [5.41, 5.74) is 7.24. The molecular formula is C20H15Cl2N3O2. The third-order valence-corrected chi connectivity index (χ3v) is 4.83. The molecule has 7 heteroatoms. The number of nitrogens with two attached hydrogens (primary N) is 1. The van der Waals surface area contributed by atoms with Crippen LogP contribution in [0.2, 0.25) is 10.0 Å². The number of rotatable bonds is 3. The lowest BCUT2D eigenvalue weighted by molar-refractivity contribution is -0.113. The van der Waals surface area contributed by atoms with E-state index in [4.69, 9.17) is 33.7 Å². The fourth-order valence-electron chi connectivity index (χ4n) is 2.97. The predicted octanol–water partition coefficient (Wildman–Crippen LogP) is 4.71. The van der Waals surface area contributed by atoms with Crippen molar-refractivity contribution in [1.29, 1.82) is 5.26 Å². The van der Waals surface area contributed by atoms with Crippen LogP contribution in [0.15, 0.2) is 71.3 Å². The van der Waals surface area contributed by atoms with E-state index in [1.807, 2.05) is 12.1 Å². The number of hydrogen-bond acceptors (Lipinski definition) is 4. The predicted molar refractivity (Wildman–Crippen MR) is 105 cm³/mol. The molecule has 0 aliphatic carbocycles. The fraction of sp³-hybridized carbons (Fsp3) is 0.100. The molecule has 0 spiro atoms. The van der Waals surface area contributed by atoms with Crippen molar-refractivity contribution in [3.05, 3.63) is 86.9 Å². The van der Waals surface area contributed by atoms with Crippen LogP contribution in [-0.4, -0.2) is 5.91 Å². The van der Waals surface area contributed by atoms with Crippen molar-refractivity contribution in [2.75, 3.05) is 5.32 Å². The van der Waals surface area contributed by atoms with E-state index in [2.05, 4.69) is 5.32 Å². The Morgan fingerprint density at radius 1 is 1.15 bits per heavy atom. The Kier molecular flexibility index (Phi) is 5.41. The Balaban J connectivity index is 2.14. The first-order chi connectivity index (χ1) is 12.9. The van der Waals surface area contributed by atoms with Gasteiger partial charge < -0.3 is 15.8 Å². The van der Waals surface area contributed by atoms with Gasteiger partial charge in [0.2, 0.25) is 5.88 Å². The molecule has 3 N–H and O–H groups in total. The van der Waals surface area contributed by atoms with Crippen molar-refractivity contribution in [1.82, 2.24) is 0 Å². The van der Waals surface area contributed by atoms with Crippen LogP contribution in [0.25, 0.3) is 0 Å². The van der Waals surface area contributed by atoms with Crippen LogP contribution in [0.1, 0.15) is 18.4 Å². The second-order valence-corrected chi connectivity index (χ2v) is 6.66. The summed E-state index contributed by atoms with van der Waals surface area (Å²) in [5.74, 6) is -1.07. The number of nitrogens with one attached hydrogen (secondary N) is 1. The van der Waals surface area contributed by atoms with E-state index in [1.165, 1.54) is 0 Å². The molecule has 27 heavy (non-hydrogen) atoms. The van der Waals surface area contributed by atoms with Crippen molar-refractivity contribution in [3.8, 4) is 6.07 Å². The van der Waals surface area contributed by atoms with Gasteiger partial charge in [-0.3, -0.25) is 4.79 Å². The Labute approximate surface area is 166 Å². The summed E-state index contributed by atoms with van der Waals surface area (Å²) in [7, 11) is 0. The molecule has 0 bridgehead atoms. The van der Waals surface area contributed by atoms with Gasteiger partial charge in [0.1, 0.15) is 17.4 Å². The van der Waals surface area contributed by atoms with Gasteiger partial charge in [-0.25, -0.2) is 0 Å². The molecular weight excluding hydrogens is 385 g/mol. The van der Waals surface area contributed by atoms with Crippen molar-refractivity contribution >= 4 is 34.8 Å². The van der Waals surface area contributed by atoms with Crippen LogP contribution in [0, 0.1) is 11.3 Å². The highest BCUT2D eigenvalue weighted by Crippen LogP contribution is 2.44. The number of benzene rings is 2. The van der Waals surface area contributed by atoms with Crippen LogP contribution >= 0.6 is 23.2 Å². The second kappa shape index (κ2) is 7.75. The smallest absolute Gasteiger partial charge is 0.255 e. The van der Waals surface area contributed by atoms with Crippen molar-refractivity contribution < 1.29 is 9.53 Å². The molecule has 0 saturated heterocycles. The maximum Gasteiger partial charge on any atom is 0.255 e. The molecule has 3 rings (SSSR count). The number of nitrogens with zero attached hydrogens (tertiary/aromatic N) is 1. The molecule has 0 radical (unpaired) electrons. The molecule has 2 aromatic carbocycles. The standard InChI is InChI=1S/C20H15Cl2N3O2/c1-11-16(20(26)25-12-6-3-2-4-7-12)17(13(10-23)19(24)27-11)18-14(21)8-5-9-15(18)22/h2-9,17H,24H2,1H3,(H,25,26)/t17-/m0/s1. The number of para-hydroxylation sites is 1. The van der Waals surface area contributed by atoms with Gasteiger partial charge in [0.15, 0.2) is 0 Å². The van der Waals surface area contributed by atoms with Gasteiger partial charge >= 0.3 is 0 Å². The fourth-order valence-corrected chi connectivity index (χ4v) is 3.59. The van der Waals surface area contributed by atoms with Gasteiger partial charge in [-0.15, -0.1) is 0 Å². The zero-order valence-corrected chi connectivity index (χ0v) is 15.8. The molecule has 1 aliphatic rings. The zero-order valence-electron chi connectivity index (χ0n) is 14.3. The summed E-state index contributed by atoms with van der Waals surface area (Å²) in [4.78, 5) is 13.0. The topological polar surface area (TPSA) is 88.1 Å². The Bertz CT molecular complexity index is 987. The number of amides is 1. The number of carbonyl (C=O) groups excluding carboxylic acids is 1. The molecule has 0 aromatic heterocycles. The van der Waals surface area contributed by atoms with Crippen LogP contribution in [0.4, 0.5) is 5.69 Å². The van der Waals surface area contributed by atoms with Crippen LogP contribution in [0.3, 0.4) is 0 Å². The summed E-state index contributed by atoms with van der Waals surface area (Å²) in [6.07, 6.45) is 0. The van der Waals surface area contributed by atoms with Gasteiger partial charge in [-0.2, -0.15) is 5.26 Å². The number of allylic oxidation sites excluding steroid dienone is 2. The van der Waals surface area contributed by atoms with Crippen LogP contribution < -0.4 is 11.1 Å². The van der Waals surface area contributed by atoms with Gasteiger partial charge in [0.05, 0.1) is 11.5 Å². The molecule has 5 nitrogen and oxygen atoms in total. The Morgan fingerprint density at radius 2 is 1.78 bits per heavy atom. The summed E-state index contributed by atoms with van der Waals surface area (Å²) >= 11 is 12.7. The first kappa shape index (κ1) is 18.8. The molecule has 1 aliphatic heterocycles. The van der Waals surface area contributed by atoms with Gasteiger partial charge in [-0.05, 0) is 31.2 Å². The molecule has 136 valence electrons. The number of anilines is 1. The lowest BCUT2D eigenvalue weighted by Gasteiger charge is -2.28. The van der Waals surface area contributed by atoms with Crippen molar-refractivity contribution in [3.63, 3.8) is 0 Å². The van der Waals surface area contributed by atoms with E-state index in [0.717, 1.165) is 0 Å². The number of hydrogen-bond donors (Lipinski definition) is 2. The van der Waals surface area contributed by atoms with Crippen molar-refractivity contribution in [2.45, 2.75) is 12.8 Å². The number of halogens is 2. The van der Waals surface area contributed by atoms with E-state index in [-0.39, 0.29) is 22.8 Å². The maximum atomic E-state index is 13.0. The minimum Gasteiger partial charge on any atom is -0.445 e. The largest absolute Gasteiger partial charge is 0.445 e. The maximum absolute atomic E-state index is 13.0. The molecule has 1 atom stereocenters. The first-order valence-corrected chi connectivity index (χ1v) is 8.78. The summed E-state index contributed by atoms with van der Waals surface area (Å²) < 4.78 is 5.46. The van der Waals surface area contributed by atoms with E-state index < -0.39 is 11.8 Å². The van der Waals surface area contributed by atoms with Gasteiger partial charge in [0.25, 0.3) is 5.91 Å². The normalized spacial score (nSPS) is 16.6. The second-order valence-electron chi connectivity index (χ2n) is 5.85. The SMILES string of the molecule is CC1=C(C(=O)Nc2ccccc2)[C@@H](c2c(Cl)cccc2Cl)C(C#N)=C(N)O1. The Hall–Kier alpha value is -2.94. The van der Waals surface area contributed by atoms with Crippen LogP contribution in [-0.2, 0) is 9.53 Å². The molecule has 0 fully saturated rings. The quantitative estimate of drug-likeness (QED) is 0.781. The summed E-state index contributed by atoms with van der Waals surface area (Å²) in [5, 5.41) is 13.1. The number of nitriles is 1. The minimum atomic E-state index is -0.839. The lowest BCUT2D eigenvalue weighted by atomic mass is 9.82. The van der Waals surface area contributed by atoms with Gasteiger partial charge in [0, 0.05) is 21.3 Å². The highest BCUT2D eigenvalue weighted by molar-refractivity contribution is 6.36. The summed E-state index contributed by atoms with van der Waals surface area (Å²) in [6, 6.07) is 16.0. The average molecular weight is 400 g/mol. The molecule has 1 heterocycles. The third kappa shape index (κ3) is 3.63. The van der Waals surface area contributed by atoms with Crippen LogP contribution in [0.5, 0.6) is 0 Å². The van der Waals surface area contributed by atoms with E-state index >= 15 is 0 Å². The summed E-state index contributed by atoms with van der Waals surface area (Å²) in [6.45, 7) is 1.61. The van der Waals surface area contributed by atoms with E-state index in [1.54, 1.807) is 49.4 Å². The monoisotopic (exact) mass is 399 g/mol. The minimum absolute atomic E-state index is 0.0766. The molecule has 2 aromatic rings. The highest BCUT2D eigenvalue weighted by atomic mass is 35.5. The zero-order chi connectivity index (χ0) is 19.6. The third-order valence-electron chi connectivity index (χ3n) is 4.17. The highest BCUT2D eigenvalue weighted by Gasteiger charge is 2.37. The molecule has 0 saturated carbocycles. The van der Waals surface area contributed by atoms with Crippen molar-refractivity contribution in [2.24, 2.45) is 5.73 Å². The first-order valence-electron chi connectivity index (χ1n) is 8.02. The average Bonchev–Trinajstić information content (AvgIpc) is 2.62. The number of ether oxygens (including phenoxy) is 1. The Morgan fingerprint density at radius 3 is 2.37 bits per heavy atom. The van der Waals surface area contributed by atoms with Gasteiger partial charge in [-0.1, -0.05) is 47.5 Å². The molecule has 1 amide bonds. The lowest BCUT2D eigenvalue weighted by Crippen LogP contribution is -2.28. The number of carbonyl (C=O) groups is 1. The van der Waals surface area contributed by atoms with E-state index in [0.29, 0.717) is 21.3 Å². The molecule has 0 unspecified atom stereocenters. The van der Waals surface area contributed by atoms with E-state index in [9.17, 15) is 10.1 Å².